The van der Waals surface area contributed by atoms with Gasteiger partial charge in [-0.2, -0.15) is 13.2 Å². The molecule has 3 aromatic rings. The first-order chi connectivity index (χ1) is 21.3. The summed E-state index contributed by atoms with van der Waals surface area (Å²) in [6.45, 7) is -1.18. The van der Waals surface area contributed by atoms with E-state index in [4.69, 9.17) is 10.1 Å². The molecule has 0 saturated carbocycles. The minimum Gasteiger partial charge on any atom is -0.494 e. The lowest BCUT2D eigenvalue weighted by Gasteiger charge is -2.37. The minimum atomic E-state index is -5.02. The average Bonchev–Trinajstić information content (AvgIpc) is 2.97. The van der Waals surface area contributed by atoms with Gasteiger partial charge in [-0.15, -0.1) is 0 Å². The number of anilines is 3. The van der Waals surface area contributed by atoms with Gasteiger partial charge in [-0.3, -0.25) is 19.9 Å². The highest BCUT2D eigenvalue weighted by Crippen LogP contribution is 2.37. The molecule has 3 aromatic carbocycles. The molecule has 1 saturated heterocycles. The Balaban J connectivity index is 1.93. The number of amidine groups is 1. The van der Waals surface area contributed by atoms with Crippen LogP contribution in [-0.2, 0) is 22.3 Å². The van der Waals surface area contributed by atoms with Crippen molar-refractivity contribution in [3.63, 3.8) is 0 Å². The molecule has 236 valence electrons. The highest BCUT2D eigenvalue weighted by atomic mass is 19.4. The van der Waals surface area contributed by atoms with Gasteiger partial charge in [-0.1, -0.05) is 12.1 Å². The first kappa shape index (κ1) is 32.6. The van der Waals surface area contributed by atoms with Crippen LogP contribution in [0.15, 0.2) is 71.9 Å². The number of imide groups is 1. The van der Waals surface area contributed by atoms with Gasteiger partial charge in [0.05, 0.1) is 24.9 Å². The smallest absolute Gasteiger partial charge is 0.416 e. The molecule has 0 radical (unpaired) electrons. The maximum Gasteiger partial charge on any atom is 0.416 e. The van der Waals surface area contributed by atoms with E-state index in [9.17, 15) is 31.9 Å². The maximum atomic E-state index is 15.5. The highest BCUT2D eigenvalue weighted by Gasteiger charge is 2.45. The van der Waals surface area contributed by atoms with Crippen LogP contribution >= 0.6 is 0 Å². The molecule has 0 spiro atoms. The van der Waals surface area contributed by atoms with Crippen LogP contribution in [0.25, 0.3) is 0 Å². The molecule has 1 heterocycles. The number of hydrogen-bond acceptors (Lipinski definition) is 7. The van der Waals surface area contributed by atoms with Gasteiger partial charge >= 0.3 is 12.2 Å². The number of amides is 4. The molecule has 1 aliphatic rings. The molecule has 0 atom stereocenters. The van der Waals surface area contributed by atoms with E-state index in [1.165, 1.54) is 36.4 Å². The fraction of sp³-hybridized carbons (Fsp3) is 0.200. The van der Waals surface area contributed by atoms with Gasteiger partial charge in [0.15, 0.2) is 11.6 Å². The molecule has 0 aliphatic carbocycles. The van der Waals surface area contributed by atoms with Crippen LogP contribution in [0.2, 0.25) is 0 Å². The van der Waals surface area contributed by atoms with Crippen LogP contribution in [0.4, 0.5) is 43.8 Å². The second-order valence-corrected chi connectivity index (χ2v) is 9.97. The molecule has 45 heavy (non-hydrogen) atoms. The summed E-state index contributed by atoms with van der Waals surface area (Å²) in [5, 5.41) is 14.3. The summed E-state index contributed by atoms with van der Waals surface area (Å²) in [4.78, 5) is 41.1. The molecule has 4 amide bonds. The number of nitrogens with zero attached hydrogens (tertiary/aromatic N) is 3. The van der Waals surface area contributed by atoms with Gasteiger partial charge in [0.2, 0.25) is 6.41 Å². The SMILES string of the molecule is COc1cccc(N2C(=O)/C(=C(\CN(C)C)Nc3ccc(NC=O)cc3)C(=N)N(Cc3c(F)cccc3C(F)(F)F)C2=O)c1F. The van der Waals surface area contributed by atoms with Crippen LogP contribution in [0.5, 0.6) is 5.75 Å². The number of carbonyl (C=O) groups excluding carboxylic acids is 3. The quantitative estimate of drug-likeness (QED) is 0.156. The van der Waals surface area contributed by atoms with E-state index in [1.54, 1.807) is 19.0 Å². The summed E-state index contributed by atoms with van der Waals surface area (Å²) in [7, 11) is 4.42. The van der Waals surface area contributed by atoms with Crippen molar-refractivity contribution in [2.24, 2.45) is 0 Å². The van der Waals surface area contributed by atoms with Gasteiger partial charge in [-0.05, 0) is 62.6 Å². The first-order valence-corrected chi connectivity index (χ1v) is 13.2. The van der Waals surface area contributed by atoms with E-state index in [1.807, 2.05) is 0 Å². The largest absolute Gasteiger partial charge is 0.494 e. The molecule has 3 N–H and O–H groups in total. The van der Waals surface area contributed by atoms with Crippen molar-refractivity contribution in [2.75, 3.05) is 43.3 Å². The fourth-order valence-corrected chi connectivity index (χ4v) is 4.64. The Morgan fingerprint density at radius 1 is 1.00 bits per heavy atom. The molecule has 0 aromatic heterocycles. The summed E-state index contributed by atoms with van der Waals surface area (Å²) < 4.78 is 77.1. The second-order valence-electron chi connectivity index (χ2n) is 9.97. The number of carbonyl (C=O) groups is 3. The number of benzene rings is 3. The van der Waals surface area contributed by atoms with Crippen molar-refractivity contribution < 1.29 is 41.1 Å². The third-order valence-electron chi connectivity index (χ3n) is 6.67. The molecular weight excluding hydrogens is 603 g/mol. The molecule has 1 aliphatic heterocycles. The fourth-order valence-electron chi connectivity index (χ4n) is 4.64. The van der Waals surface area contributed by atoms with Crippen LogP contribution < -0.4 is 20.3 Å². The van der Waals surface area contributed by atoms with Crippen LogP contribution in [0.1, 0.15) is 11.1 Å². The van der Waals surface area contributed by atoms with Gasteiger partial charge in [0.1, 0.15) is 17.2 Å². The number of likely N-dealkylation sites (N-methyl/N-ethyl adjacent to an activating group) is 1. The second kappa shape index (κ2) is 13.1. The Morgan fingerprint density at radius 3 is 2.24 bits per heavy atom. The van der Waals surface area contributed by atoms with E-state index in [0.29, 0.717) is 33.7 Å². The number of urea groups is 1. The van der Waals surface area contributed by atoms with Crippen molar-refractivity contribution in [3.05, 3.63) is 94.7 Å². The highest BCUT2D eigenvalue weighted by molar-refractivity contribution is 6.38. The van der Waals surface area contributed by atoms with E-state index < -0.39 is 64.5 Å². The lowest BCUT2D eigenvalue weighted by atomic mass is 10.0. The Hall–Kier alpha value is -5.31. The Morgan fingerprint density at radius 2 is 1.64 bits per heavy atom. The molecule has 0 bridgehead atoms. The maximum absolute atomic E-state index is 15.5. The number of methoxy groups -OCH3 is 1. The van der Waals surface area contributed by atoms with Gasteiger partial charge in [0.25, 0.3) is 5.91 Å². The summed E-state index contributed by atoms with van der Waals surface area (Å²) >= 11 is 0. The van der Waals surface area contributed by atoms with E-state index in [-0.39, 0.29) is 18.0 Å². The predicted molar refractivity (Wildman–Crippen MR) is 156 cm³/mol. The molecule has 0 unspecified atom stereocenters. The number of ether oxygens (including phenoxy) is 1. The van der Waals surface area contributed by atoms with E-state index in [2.05, 4.69) is 10.6 Å². The summed E-state index contributed by atoms with van der Waals surface area (Å²) in [5.74, 6) is -4.78. The van der Waals surface area contributed by atoms with Gasteiger partial charge in [-0.25, -0.2) is 18.5 Å². The molecular formula is C30H27F5N6O4. The first-order valence-electron chi connectivity index (χ1n) is 13.2. The van der Waals surface area contributed by atoms with Crippen LogP contribution in [-0.4, -0.2) is 61.7 Å². The normalized spacial score (nSPS) is 15.0. The number of halogens is 5. The molecule has 4 rings (SSSR count). The van der Waals surface area contributed by atoms with Crippen molar-refractivity contribution >= 4 is 41.2 Å². The van der Waals surface area contributed by atoms with E-state index >= 15 is 4.39 Å². The minimum absolute atomic E-state index is 0.0153. The van der Waals surface area contributed by atoms with Gasteiger partial charge < -0.3 is 20.3 Å². The Bertz CT molecular complexity index is 1670. The van der Waals surface area contributed by atoms with Crippen molar-refractivity contribution in [2.45, 2.75) is 12.7 Å². The molecule has 15 heteroatoms. The zero-order chi connectivity index (χ0) is 33.1. The van der Waals surface area contributed by atoms with Crippen molar-refractivity contribution in [1.29, 1.82) is 5.41 Å². The third-order valence-corrected chi connectivity index (χ3v) is 6.67. The van der Waals surface area contributed by atoms with Crippen molar-refractivity contribution in [1.82, 2.24) is 9.80 Å². The summed E-state index contributed by atoms with van der Waals surface area (Å²) in [6, 6.07) is 10.6. The Kier molecular flexibility index (Phi) is 9.51. The van der Waals surface area contributed by atoms with Crippen LogP contribution in [0, 0.1) is 17.0 Å². The van der Waals surface area contributed by atoms with Crippen molar-refractivity contribution in [3.8, 4) is 5.75 Å². The number of rotatable bonds is 10. The zero-order valence-electron chi connectivity index (χ0n) is 24.1. The lowest BCUT2D eigenvalue weighted by Crippen LogP contribution is -2.57. The summed E-state index contributed by atoms with van der Waals surface area (Å²) in [5.41, 5.74) is -2.61. The number of hydrogen-bond donors (Lipinski definition) is 3. The zero-order valence-corrected chi connectivity index (χ0v) is 24.1. The molecule has 1 fully saturated rings. The number of nitrogens with one attached hydrogen (secondary N) is 3. The third kappa shape index (κ3) is 6.77. The van der Waals surface area contributed by atoms with Crippen LogP contribution in [0.3, 0.4) is 0 Å². The topological polar surface area (TPSA) is 118 Å². The molecule has 10 nitrogen and oxygen atoms in total. The summed E-state index contributed by atoms with van der Waals surface area (Å²) in [6.07, 6.45) is -4.55. The Labute approximate surface area is 254 Å². The monoisotopic (exact) mass is 630 g/mol. The average molecular weight is 631 g/mol. The van der Waals surface area contributed by atoms with Gasteiger partial charge in [0, 0.05) is 29.2 Å². The van der Waals surface area contributed by atoms with E-state index in [0.717, 1.165) is 25.3 Å². The predicted octanol–water partition coefficient (Wildman–Crippen LogP) is 5.43. The standard InChI is InChI=1S/C30H27F5N6O4/c1-39(2)15-22(38-18-12-10-17(11-13-18)37-16-42)25-27(36)40(14-19-20(30(33,34)35)6-4-7-21(19)31)29(44)41(28(25)43)23-8-5-9-24(45-3)26(23)32/h4-13,16,36,38H,14-15H2,1-3H3,(H,37,42)/b25-22+,36-27?. The number of alkyl halides is 3. The lowest BCUT2D eigenvalue weighted by molar-refractivity contribution is -0.138.